The van der Waals surface area contributed by atoms with Crippen molar-refractivity contribution in [2.75, 3.05) is 0 Å². The third-order valence-corrected chi connectivity index (χ3v) is 5.66. The van der Waals surface area contributed by atoms with Crippen LogP contribution < -0.4 is 4.72 Å². The lowest BCUT2D eigenvalue weighted by molar-refractivity contribution is -0.138. The van der Waals surface area contributed by atoms with Crippen LogP contribution >= 0.6 is 0 Å². The fourth-order valence-electron chi connectivity index (χ4n) is 3.00. The summed E-state index contributed by atoms with van der Waals surface area (Å²) in [4.78, 5) is 11.6. The smallest absolute Gasteiger partial charge is 0.339 e. The summed E-state index contributed by atoms with van der Waals surface area (Å²) in [6.45, 7) is 0. The fourth-order valence-corrected chi connectivity index (χ4v) is 3.96. The normalized spacial score (nSPS) is 12.7. The van der Waals surface area contributed by atoms with E-state index in [9.17, 15) is 18.3 Å². The quantitative estimate of drug-likeness (QED) is 0.464. The van der Waals surface area contributed by atoms with Crippen LogP contribution in [-0.4, -0.2) is 45.1 Å². The monoisotopic (exact) mass is 423 g/mol. The predicted octanol–water partition coefficient (Wildman–Crippen LogP) is 1.87. The second-order valence-electron chi connectivity index (χ2n) is 6.60. The molecule has 0 fully saturated rings. The number of aliphatic carboxylic acids is 1. The van der Waals surface area contributed by atoms with Crippen LogP contribution in [0.3, 0.4) is 0 Å². The average Bonchev–Trinajstić information content (AvgIpc) is 3.25. The first-order valence-electron chi connectivity index (χ1n) is 9.01. The van der Waals surface area contributed by atoms with Crippen molar-refractivity contribution in [3.8, 4) is 11.4 Å². The number of aromatic nitrogens is 4. The Morgan fingerprint density at radius 3 is 2.43 bits per heavy atom. The second kappa shape index (κ2) is 8.01. The lowest BCUT2D eigenvalue weighted by Gasteiger charge is -2.13. The molecule has 0 amide bonds. The maximum Gasteiger partial charge on any atom is 0.339 e. The molecule has 0 radical (unpaired) electrons. The van der Waals surface area contributed by atoms with E-state index in [0.717, 1.165) is 10.8 Å². The summed E-state index contributed by atoms with van der Waals surface area (Å²) in [5, 5.41) is 22.7. The maximum atomic E-state index is 12.6. The Labute approximate surface area is 172 Å². The molecule has 3 aromatic carbocycles. The van der Waals surface area contributed by atoms with E-state index in [1.54, 1.807) is 36.4 Å². The number of nitrogens with zero attached hydrogens (tertiary/aromatic N) is 4. The van der Waals surface area contributed by atoms with Crippen molar-refractivity contribution in [3.63, 3.8) is 0 Å². The van der Waals surface area contributed by atoms with Crippen molar-refractivity contribution in [1.82, 2.24) is 24.3 Å². The molecule has 0 bridgehead atoms. The zero-order chi connectivity index (χ0) is 21.1. The molecular formula is C20H17N5O4S. The molecule has 0 aliphatic rings. The van der Waals surface area contributed by atoms with Gasteiger partial charge in [0.15, 0.2) is 0 Å². The van der Waals surface area contributed by atoms with Gasteiger partial charge in [-0.25, -0.2) is 0 Å². The molecule has 10 heteroatoms. The Bertz CT molecular complexity index is 1310. The van der Waals surface area contributed by atoms with Crippen molar-refractivity contribution in [3.05, 3.63) is 78.4 Å². The van der Waals surface area contributed by atoms with Gasteiger partial charge >= 0.3 is 16.2 Å². The summed E-state index contributed by atoms with van der Waals surface area (Å²) in [6, 6.07) is 20.5. The average molecular weight is 423 g/mol. The molecule has 1 heterocycles. The molecule has 0 saturated carbocycles. The number of tetrazole rings is 1. The number of fused-ring (bicyclic) bond motifs is 1. The van der Waals surface area contributed by atoms with Gasteiger partial charge in [0.05, 0.1) is 0 Å². The van der Waals surface area contributed by atoms with E-state index in [2.05, 4.69) is 20.1 Å². The Balaban J connectivity index is 1.58. The Kier molecular flexibility index (Phi) is 5.25. The Hall–Kier alpha value is -3.63. The van der Waals surface area contributed by atoms with Crippen molar-refractivity contribution in [2.24, 2.45) is 0 Å². The van der Waals surface area contributed by atoms with Crippen molar-refractivity contribution >= 4 is 27.0 Å². The van der Waals surface area contributed by atoms with Gasteiger partial charge in [-0.05, 0) is 38.2 Å². The second-order valence-corrected chi connectivity index (χ2v) is 8.11. The Morgan fingerprint density at radius 2 is 1.70 bits per heavy atom. The highest BCUT2D eigenvalue weighted by atomic mass is 32.2. The summed E-state index contributed by atoms with van der Waals surface area (Å²) in [5.41, 5.74) is 1.27. The molecule has 0 saturated heterocycles. The van der Waals surface area contributed by atoms with Crippen LogP contribution in [0, 0.1) is 0 Å². The van der Waals surface area contributed by atoms with Gasteiger partial charge in [-0.3, -0.25) is 4.79 Å². The van der Waals surface area contributed by atoms with Crippen molar-refractivity contribution in [1.29, 1.82) is 0 Å². The van der Waals surface area contributed by atoms with E-state index >= 15 is 0 Å². The van der Waals surface area contributed by atoms with Crippen LogP contribution in [-0.2, 0) is 21.4 Å². The first-order chi connectivity index (χ1) is 14.4. The number of nitrogens with one attached hydrogen (secondary N) is 1. The van der Waals surface area contributed by atoms with Gasteiger partial charge < -0.3 is 5.11 Å². The molecular weight excluding hydrogens is 406 g/mol. The minimum Gasteiger partial charge on any atom is -0.480 e. The number of benzene rings is 3. The molecule has 152 valence electrons. The van der Waals surface area contributed by atoms with Crippen LogP contribution in [0.15, 0.2) is 72.8 Å². The number of carboxylic acid groups (broad SMARTS) is 1. The van der Waals surface area contributed by atoms with E-state index in [1.807, 2.05) is 36.4 Å². The van der Waals surface area contributed by atoms with Gasteiger partial charge in [-0.1, -0.05) is 66.7 Å². The maximum absolute atomic E-state index is 12.6. The molecule has 2 N–H and O–H groups in total. The molecule has 4 aromatic rings. The van der Waals surface area contributed by atoms with Crippen molar-refractivity contribution in [2.45, 2.75) is 12.5 Å². The third kappa shape index (κ3) is 4.19. The van der Waals surface area contributed by atoms with Crippen LogP contribution in [0.4, 0.5) is 0 Å². The number of hydrogen-bond donors (Lipinski definition) is 2. The van der Waals surface area contributed by atoms with E-state index in [-0.39, 0.29) is 12.2 Å². The molecule has 0 aliphatic carbocycles. The lowest BCUT2D eigenvalue weighted by atomic mass is 10.1. The molecule has 1 aromatic heterocycles. The molecule has 9 nitrogen and oxygen atoms in total. The Morgan fingerprint density at radius 1 is 1.00 bits per heavy atom. The van der Waals surface area contributed by atoms with E-state index in [4.69, 9.17) is 0 Å². The molecule has 0 spiro atoms. The summed E-state index contributed by atoms with van der Waals surface area (Å²) in [5.74, 6) is -1.20. The van der Waals surface area contributed by atoms with Gasteiger partial charge in [0.1, 0.15) is 6.04 Å². The molecule has 30 heavy (non-hydrogen) atoms. The predicted molar refractivity (Wildman–Crippen MR) is 110 cm³/mol. The van der Waals surface area contributed by atoms with Crippen LogP contribution in [0.25, 0.3) is 22.2 Å². The zero-order valence-corrected chi connectivity index (χ0v) is 16.4. The van der Waals surface area contributed by atoms with Crippen LogP contribution in [0.5, 0.6) is 0 Å². The largest absolute Gasteiger partial charge is 0.480 e. The van der Waals surface area contributed by atoms with E-state index in [0.29, 0.717) is 15.3 Å². The standard InChI is InChI=1S/C20H17N5O4S/c26-20(27)18(12-14-6-2-1-3-7-14)23-30(28,29)25-22-19(21-24-25)17-11-10-15-8-4-5-9-16(15)13-17/h1-11,13,18,23H,12H2,(H,26,27). The lowest BCUT2D eigenvalue weighted by Crippen LogP contribution is -2.45. The fraction of sp³-hybridized carbons (Fsp3) is 0.100. The van der Waals surface area contributed by atoms with E-state index < -0.39 is 22.2 Å². The highest BCUT2D eigenvalue weighted by Crippen LogP contribution is 2.21. The summed E-state index contributed by atoms with van der Waals surface area (Å²) < 4.78 is 27.8. The minimum absolute atomic E-state index is 0.0262. The zero-order valence-electron chi connectivity index (χ0n) is 15.6. The first-order valence-corrected chi connectivity index (χ1v) is 10.5. The summed E-state index contributed by atoms with van der Waals surface area (Å²) in [7, 11) is -4.35. The first kappa shape index (κ1) is 19.7. The van der Waals surface area contributed by atoms with Gasteiger partial charge in [-0.2, -0.15) is 13.1 Å². The molecule has 4 rings (SSSR count). The van der Waals surface area contributed by atoms with Gasteiger partial charge in [0.2, 0.25) is 5.82 Å². The van der Waals surface area contributed by atoms with Gasteiger partial charge in [-0.15, -0.1) is 10.2 Å². The number of carbonyl (C=O) groups is 1. The summed E-state index contributed by atoms with van der Waals surface area (Å²) >= 11 is 0. The number of rotatable bonds is 7. The molecule has 1 atom stereocenters. The molecule has 1 unspecified atom stereocenters. The van der Waals surface area contributed by atoms with Gasteiger partial charge in [0, 0.05) is 5.56 Å². The highest BCUT2D eigenvalue weighted by Gasteiger charge is 2.27. The highest BCUT2D eigenvalue weighted by molar-refractivity contribution is 7.87. The van der Waals surface area contributed by atoms with E-state index in [1.165, 1.54) is 0 Å². The third-order valence-electron chi connectivity index (χ3n) is 4.49. The molecule has 0 aliphatic heterocycles. The van der Waals surface area contributed by atoms with Crippen LogP contribution in [0.2, 0.25) is 0 Å². The van der Waals surface area contributed by atoms with Crippen LogP contribution in [0.1, 0.15) is 5.56 Å². The minimum atomic E-state index is -4.35. The SMILES string of the molecule is O=C(O)C(Cc1ccccc1)NS(=O)(=O)n1nnc(-c2ccc3ccccc3c2)n1. The summed E-state index contributed by atoms with van der Waals surface area (Å²) in [6.07, 6.45) is -0.0262. The topological polar surface area (TPSA) is 127 Å². The van der Waals surface area contributed by atoms with Gasteiger partial charge in [0.25, 0.3) is 0 Å². The number of hydrogen-bond acceptors (Lipinski definition) is 6. The van der Waals surface area contributed by atoms with Crippen molar-refractivity contribution < 1.29 is 18.3 Å². The number of carboxylic acids is 1.